The third kappa shape index (κ3) is 2.59. The predicted octanol–water partition coefficient (Wildman–Crippen LogP) is 2.32. The molecule has 20 heavy (non-hydrogen) atoms. The highest BCUT2D eigenvalue weighted by Gasteiger charge is 2.30. The molecule has 1 aromatic rings. The second-order valence-corrected chi connectivity index (χ2v) is 6.07. The van der Waals surface area contributed by atoms with E-state index >= 15 is 0 Å². The molecule has 110 valence electrons. The van der Waals surface area contributed by atoms with E-state index in [1.54, 1.807) is 0 Å². The van der Waals surface area contributed by atoms with Gasteiger partial charge in [0, 0.05) is 31.6 Å². The first-order chi connectivity index (χ1) is 9.58. The molecule has 1 aromatic heterocycles. The average Bonchev–Trinajstić information content (AvgIpc) is 3.22. The molecule has 0 amide bonds. The largest absolute Gasteiger partial charge is 0.373 e. The second kappa shape index (κ2) is 5.20. The van der Waals surface area contributed by atoms with E-state index in [9.17, 15) is 0 Å². The maximum absolute atomic E-state index is 5.82. The predicted molar refractivity (Wildman–Crippen MR) is 80.5 cm³/mol. The molecule has 0 radical (unpaired) electrons. The van der Waals surface area contributed by atoms with Gasteiger partial charge in [-0.2, -0.15) is 0 Å². The van der Waals surface area contributed by atoms with Crippen LogP contribution in [0.3, 0.4) is 0 Å². The summed E-state index contributed by atoms with van der Waals surface area (Å²) in [6, 6.07) is 0. The Hall–Kier alpha value is -1.36. The molecule has 0 aromatic carbocycles. The topological polar surface area (TPSA) is 50.3 Å². The lowest BCUT2D eigenvalue weighted by Crippen LogP contribution is -2.46. The lowest BCUT2D eigenvalue weighted by Gasteiger charge is -2.37. The van der Waals surface area contributed by atoms with Crippen molar-refractivity contribution >= 4 is 11.6 Å². The smallest absolute Gasteiger partial charge is 0.137 e. The molecular weight excluding hydrogens is 252 g/mol. The molecule has 2 heterocycles. The molecule has 1 aliphatic heterocycles. The molecule has 2 atom stereocenters. The summed E-state index contributed by atoms with van der Waals surface area (Å²) in [7, 11) is 1.93. The highest BCUT2D eigenvalue weighted by atomic mass is 16.5. The van der Waals surface area contributed by atoms with Crippen molar-refractivity contribution in [2.45, 2.75) is 51.7 Å². The van der Waals surface area contributed by atoms with Crippen LogP contribution in [0.1, 0.15) is 44.0 Å². The summed E-state index contributed by atoms with van der Waals surface area (Å²) >= 11 is 0. The van der Waals surface area contributed by atoms with Crippen molar-refractivity contribution in [3.8, 4) is 0 Å². The lowest BCUT2D eigenvalue weighted by atomic mass is 10.2. The summed E-state index contributed by atoms with van der Waals surface area (Å²) in [5, 5.41) is 3.21. The molecule has 0 bridgehead atoms. The zero-order valence-corrected chi connectivity index (χ0v) is 12.8. The maximum Gasteiger partial charge on any atom is 0.137 e. The summed E-state index contributed by atoms with van der Waals surface area (Å²) < 4.78 is 5.82. The molecular formula is C15H24N4O. The Morgan fingerprint density at radius 1 is 1.15 bits per heavy atom. The number of nitrogens with one attached hydrogen (secondary N) is 1. The van der Waals surface area contributed by atoms with Crippen LogP contribution in [-0.2, 0) is 4.74 Å². The number of hydrogen-bond acceptors (Lipinski definition) is 5. The summed E-state index contributed by atoms with van der Waals surface area (Å²) in [6.07, 6.45) is 2.94. The zero-order valence-electron chi connectivity index (χ0n) is 12.8. The van der Waals surface area contributed by atoms with Gasteiger partial charge in [-0.3, -0.25) is 0 Å². The van der Waals surface area contributed by atoms with Crippen molar-refractivity contribution in [1.29, 1.82) is 0 Å². The number of ether oxygens (including phenoxy) is 1. The third-order valence-electron chi connectivity index (χ3n) is 4.04. The molecule has 1 saturated heterocycles. The average molecular weight is 276 g/mol. The number of rotatable bonds is 3. The number of morpholine rings is 1. The minimum absolute atomic E-state index is 0.246. The Balaban J connectivity index is 1.96. The van der Waals surface area contributed by atoms with Gasteiger partial charge in [-0.1, -0.05) is 0 Å². The van der Waals surface area contributed by atoms with E-state index in [-0.39, 0.29) is 12.2 Å². The van der Waals surface area contributed by atoms with Gasteiger partial charge in [-0.05, 0) is 33.6 Å². The summed E-state index contributed by atoms with van der Waals surface area (Å²) in [4.78, 5) is 11.9. The zero-order chi connectivity index (χ0) is 14.3. The summed E-state index contributed by atoms with van der Waals surface area (Å²) in [5.41, 5.74) is 1.14. The summed E-state index contributed by atoms with van der Waals surface area (Å²) in [5.74, 6) is 3.61. The van der Waals surface area contributed by atoms with Crippen molar-refractivity contribution in [2.75, 3.05) is 30.4 Å². The van der Waals surface area contributed by atoms with Gasteiger partial charge in [-0.25, -0.2) is 9.97 Å². The van der Waals surface area contributed by atoms with E-state index in [0.717, 1.165) is 36.1 Å². The molecule has 2 fully saturated rings. The van der Waals surface area contributed by atoms with Crippen molar-refractivity contribution < 1.29 is 4.74 Å². The molecule has 1 aliphatic carbocycles. The molecule has 0 spiro atoms. The Morgan fingerprint density at radius 2 is 1.80 bits per heavy atom. The van der Waals surface area contributed by atoms with E-state index in [1.807, 2.05) is 7.05 Å². The van der Waals surface area contributed by atoms with E-state index in [4.69, 9.17) is 9.72 Å². The number of anilines is 2. The van der Waals surface area contributed by atoms with Gasteiger partial charge in [0.15, 0.2) is 0 Å². The van der Waals surface area contributed by atoms with Crippen LogP contribution in [0.5, 0.6) is 0 Å². The van der Waals surface area contributed by atoms with E-state index in [2.05, 4.69) is 36.0 Å². The first-order valence-corrected chi connectivity index (χ1v) is 7.55. The fourth-order valence-corrected chi connectivity index (χ4v) is 2.95. The molecule has 5 nitrogen and oxygen atoms in total. The normalized spacial score (nSPS) is 26.7. The Morgan fingerprint density at radius 3 is 2.35 bits per heavy atom. The van der Waals surface area contributed by atoms with Crippen molar-refractivity contribution in [2.24, 2.45) is 0 Å². The SMILES string of the molecule is CNc1nc(C2CC2)nc(N2CC(C)OC(C)C2)c1C. The van der Waals surface area contributed by atoms with Gasteiger partial charge in [-0.15, -0.1) is 0 Å². The first-order valence-electron chi connectivity index (χ1n) is 7.55. The van der Waals surface area contributed by atoms with Gasteiger partial charge >= 0.3 is 0 Å². The van der Waals surface area contributed by atoms with Gasteiger partial charge in [0.05, 0.1) is 12.2 Å². The van der Waals surface area contributed by atoms with Crippen molar-refractivity contribution in [3.63, 3.8) is 0 Å². The fourth-order valence-electron chi connectivity index (χ4n) is 2.95. The highest BCUT2D eigenvalue weighted by Crippen LogP contribution is 2.40. The first kappa shape index (κ1) is 13.6. The quantitative estimate of drug-likeness (QED) is 0.918. The number of nitrogens with zero attached hydrogens (tertiary/aromatic N) is 3. The van der Waals surface area contributed by atoms with Crippen LogP contribution in [0.4, 0.5) is 11.6 Å². The molecule has 3 rings (SSSR count). The summed E-state index contributed by atoms with van der Waals surface area (Å²) in [6.45, 7) is 8.15. The van der Waals surface area contributed by atoms with Gasteiger partial charge < -0.3 is 15.0 Å². The van der Waals surface area contributed by atoms with Crippen molar-refractivity contribution in [1.82, 2.24) is 9.97 Å². The van der Waals surface area contributed by atoms with Crippen LogP contribution >= 0.6 is 0 Å². The fraction of sp³-hybridized carbons (Fsp3) is 0.733. The number of hydrogen-bond donors (Lipinski definition) is 1. The van der Waals surface area contributed by atoms with Gasteiger partial charge in [0.25, 0.3) is 0 Å². The monoisotopic (exact) mass is 276 g/mol. The van der Waals surface area contributed by atoms with Crippen LogP contribution < -0.4 is 10.2 Å². The Labute approximate surface area is 120 Å². The van der Waals surface area contributed by atoms with Gasteiger partial charge in [0.2, 0.25) is 0 Å². The minimum atomic E-state index is 0.246. The Bertz CT molecular complexity index is 491. The van der Waals surface area contributed by atoms with E-state index < -0.39 is 0 Å². The Kier molecular flexibility index (Phi) is 3.54. The number of aromatic nitrogens is 2. The van der Waals surface area contributed by atoms with Crippen LogP contribution in [0.15, 0.2) is 0 Å². The van der Waals surface area contributed by atoms with E-state index in [1.165, 1.54) is 12.8 Å². The van der Waals surface area contributed by atoms with Crippen LogP contribution in [0.25, 0.3) is 0 Å². The molecule has 5 heteroatoms. The van der Waals surface area contributed by atoms with Crippen LogP contribution in [0.2, 0.25) is 0 Å². The molecule has 2 unspecified atom stereocenters. The van der Waals surface area contributed by atoms with Crippen LogP contribution in [-0.4, -0.2) is 42.3 Å². The molecule has 1 N–H and O–H groups in total. The standard InChI is InChI=1S/C15H24N4O/c1-9-7-19(8-10(2)20-9)15-11(3)13(16-4)17-14(18-15)12-5-6-12/h9-10,12H,5-8H2,1-4H3,(H,16,17,18). The van der Waals surface area contributed by atoms with Gasteiger partial charge in [0.1, 0.15) is 17.5 Å². The highest BCUT2D eigenvalue weighted by molar-refractivity contribution is 5.59. The van der Waals surface area contributed by atoms with E-state index in [0.29, 0.717) is 5.92 Å². The lowest BCUT2D eigenvalue weighted by molar-refractivity contribution is -0.00550. The third-order valence-corrected chi connectivity index (χ3v) is 4.04. The molecule has 2 aliphatic rings. The maximum atomic E-state index is 5.82. The molecule has 1 saturated carbocycles. The van der Waals surface area contributed by atoms with Crippen molar-refractivity contribution in [3.05, 3.63) is 11.4 Å². The van der Waals surface area contributed by atoms with Crippen LogP contribution in [0, 0.1) is 6.92 Å². The second-order valence-electron chi connectivity index (χ2n) is 6.07. The minimum Gasteiger partial charge on any atom is -0.373 e.